The van der Waals surface area contributed by atoms with Crippen molar-refractivity contribution >= 4 is 5.82 Å². The molecule has 16 heavy (non-hydrogen) atoms. The predicted molar refractivity (Wildman–Crippen MR) is 64.6 cm³/mol. The number of anilines is 1. The molecule has 1 aromatic rings. The van der Waals surface area contributed by atoms with Gasteiger partial charge in [0.1, 0.15) is 12.1 Å². The van der Waals surface area contributed by atoms with Crippen molar-refractivity contribution in [3.8, 4) is 5.88 Å². The lowest BCUT2D eigenvalue weighted by Crippen LogP contribution is -2.28. The van der Waals surface area contributed by atoms with Crippen LogP contribution in [0.25, 0.3) is 0 Å². The van der Waals surface area contributed by atoms with Crippen molar-refractivity contribution < 1.29 is 4.74 Å². The zero-order chi connectivity index (χ0) is 11.8. The summed E-state index contributed by atoms with van der Waals surface area (Å²) in [6.45, 7) is 5.40. The number of hydrogen-bond donors (Lipinski definition) is 2. The number of hydrogen-bond acceptors (Lipinski definition) is 5. The molecule has 1 heterocycles. The van der Waals surface area contributed by atoms with Gasteiger partial charge in [0, 0.05) is 18.7 Å². The molecule has 0 saturated heterocycles. The average Bonchev–Trinajstić information content (AvgIpc) is 2.34. The lowest BCUT2D eigenvalue weighted by molar-refractivity contribution is 0.305. The second-order valence-corrected chi connectivity index (χ2v) is 3.58. The number of rotatable bonds is 7. The summed E-state index contributed by atoms with van der Waals surface area (Å²) in [5.41, 5.74) is 5.61. The molecule has 1 rings (SSSR count). The van der Waals surface area contributed by atoms with Gasteiger partial charge >= 0.3 is 0 Å². The maximum absolute atomic E-state index is 5.61. The van der Waals surface area contributed by atoms with E-state index in [2.05, 4.69) is 29.1 Å². The zero-order valence-corrected chi connectivity index (χ0v) is 9.94. The molecule has 5 heteroatoms. The molecule has 0 aliphatic heterocycles. The van der Waals surface area contributed by atoms with Crippen molar-refractivity contribution in [1.82, 2.24) is 9.97 Å². The summed E-state index contributed by atoms with van der Waals surface area (Å²) in [5, 5.41) is 3.24. The minimum Gasteiger partial charge on any atom is -0.478 e. The molecule has 0 aliphatic carbocycles. The molecule has 0 fully saturated rings. The van der Waals surface area contributed by atoms with E-state index in [9.17, 15) is 0 Å². The maximum atomic E-state index is 5.61. The van der Waals surface area contributed by atoms with Gasteiger partial charge in [0.05, 0.1) is 6.61 Å². The first-order valence-corrected chi connectivity index (χ1v) is 5.71. The highest BCUT2D eigenvalue weighted by Gasteiger charge is 2.05. The third-order valence-corrected chi connectivity index (χ3v) is 2.23. The lowest BCUT2D eigenvalue weighted by atomic mass is 10.2. The second-order valence-electron chi connectivity index (χ2n) is 3.58. The van der Waals surface area contributed by atoms with E-state index in [4.69, 9.17) is 10.5 Å². The SMILES string of the molecule is CCCOc1cc(NC(CC)CN)ncn1. The van der Waals surface area contributed by atoms with Gasteiger partial charge in [-0.2, -0.15) is 0 Å². The molecule has 0 spiro atoms. The van der Waals surface area contributed by atoms with Crippen LogP contribution < -0.4 is 15.8 Å². The Kier molecular flexibility index (Phi) is 5.56. The summed E-state index contributed by atoms with van der Waals surface area (Å²) in [7, 11) is 0. The molecule has 1 atom stereocenters. The predicted octanol–water partition coefficient (Wildman–Crippen LogP) is 1.41. The lowest BCUT2D eigenvalue weighted by Gasteiger charge is -2.15. The molecule has 3 N–H and O–H groups in total. The normalized spacial score (nSPS) is 12.2. The van der Waals surface area contributed by atoms with Gasteiger partial charge in [0.2, 0.25) is 5.88 Å². The van der Waals surface area contributed by atoms with Gasteiger partial charge in [-0.3, -0.25) is 0 Å². The smallest absolute Gasteiger partial charge is 0.218 e. The Bertz CT molecular complexity index is 302. The van der Waals surface area contributed by atoms with Crippen LogP contribution in [0.1, 0.15) is 26.7 Å². The Morgan fingerprint density at radius 1 is 1.44 bits per heavy atom. The van der Waals surface area contributed by atoms with Crippen LogP contribution in [0.15, 0.2) is 12.4 Å². The molecular formula is C11H20N4O. The topological polar surface area (TPSA) is 73.1 Å². The Labute approximate surface area is 96.4 Å². The van der Waals surface area contributed by atoms with Gasteiger partial charge < -0.3 is 15.8 Å². The Hall–Kier alpha value is -1.36. The van der Waals surface area contributed by atoms with Crippen molar-refractivity contribution in [3.63, 3.8) is 0 Å². The summed E-state index contributed by atoms with van der Waals surface area (Å²) >= 11 is 0. The Morgan fingerprint density at radius 3 is 2.88 bits per heavy atom. The molecule has 90 valence electrons. The number of nitrogens with one attached hydrogen (secondary N) is 1. The first-order valence-electron chi connectivity index (χ1n) is 5.71. The number of nitrogens with zero attached hydrogens (tertiary/aromatic N) is 2. The largest absolute Gasteiger partial charge is 0.478 e. The summed E-state index contributed by atoms with van der Waals surface area (Å²) < 4.78 is 5.42. The maximum Gasteiger partial charge on any atom is 0.218 e. The summed E-state index contributed by atoms with van der Waals surface area (Å²) in [6.07, 6.45) is 3.43. The van der Waals surface area contributed by atoms with Crippen molar-refractivity contribution in [2.75, 3.05) is 18.5 Å². The van der Waals surface area contributed by atoms with Crippen LogP contribution in [-0.4, -0.2) is 29.2 Å². The standard InChI is InChI=1S/C11H20N4O/c1-3-5-16-11-6-10(13-8-14-11)15-9(4-2)7-12/h6,8-9H,3-5,7,12H2,1-2H3,(H,13,14,15). The summed E-state index contributed by atoms with van der Waals surface area (Å²) in [4.78, 5) is 8.16. The van der Waals surface area contributed by atoms with Crippen LogP contribution in [0.3, 0.4) is 0 Å². The molecule has 1 unspecified atom stereocenters. The Balaban J connectivity index is 2.59. The monoisotopic (exact) mass is 224 g/mol. The first kappa shape index (κ1) is 12.7. The fourth-order valence-corrected chi connectivity index (χ4v) is 1.24. The van der Waals surface area contributed by atoms with E-state index >= 15 is 0 Å². The van der Waals surface area contributed by atoms with E-state index in [1.165, 1.54) is 6.33 Å². The number of aromatic nitrogens is 2. The van der Waals surface area contributed by atoms with E-state index < -0.39 is 0 Å². The van der Waals surface area contributed by atoms with Crippen LogP contribution in [0, 0.1) is 0 Å². The number of ether oxygens (including phenoxy) is 1. The van der Waals surface area contributed by atoms with Gasteiger partial charge in [-0.1, -0.05) is 13.8 Å². The molecule has 0 amide bonds. The van der Waals surface area contributed by atoms with Crippen molar-refractivity contribution in [2.45, 2.75) is 32.7 Å². The summed E-state index contributed by atoms with van der Waals surface area (Å²) in [6, 6.07) is 2.04. The van der Waals surface area contributed by atoms with Crippen LogP contribution in [0.2, 0.25) is 0 Å². The van der Waals surface area contributed by atoms with Crippen LogP contribution >= 0.6 is 0 Å². The highest BCUT2D eigenvalue weighted by atomic mass is 16.5. The second kappa shape index (κ2) is 7.00. The quantitative estimate of drug-likeness (QED) is 0.732. The molecule has 0 aliphatic rings. The van der Waals surface area contributed by atoms with Crippen LogP contribution in [0.5, 0.6) is 5.88 Å². The fourth-order valence-electron chi connectivity index (χ4n) is 1.24. The molecule has 5 nitrogen and oxygen atoms in total. The minimum atomic E-state index is 0.244. The van der Waals surface area contributed by atoms with Gasteiger partial charge in [-0.05, 0) is 12.8 Å². The molecular weight excluding hydrogens is 204 g/mol. The van der Waals surface area contributed by atoms with Crippen molar-refractivity contribution in [1.29, 1.82) is 0 Å². The fraction of sp³-hybridized carbons (Fsp3) is 0.636. The molecule has 0 saturated carbocycles. The van der Waals surface area contributed by atoms with Crippen LogP contribution in [-0.2, 0) is 0 Å². The molecule has 0 bridgehead atoms. The minimum absolute atomic E-state index is 0.244. The Morgan fingerprint density at radius 2 is 2.25 bits per heavy atom. The molecule has 1 aromatic heterocycles. The van der Waals surface area contributed by atoms with E-state index in [1.54, 1.807) is 6.07 Å². The average molecular weight is 224 g/mol. The molecule has 0 aromatic carbocycles. The van der Waals surface area contributed by atoms with E-state index in [0.717, 1.165) is 18.7 Å². The summed E-state index contributed by atoms with van der Waals surface area (Å²) in [5.74, 6) is 1.37. The van der Waals surface area contributed by atoms with Gasteiger partial charge in [0.25, 0.3) is 0 Å². The molecule has 0 radical (unpaired) electrons. The van der Waals surface area contributed by atoms with E-state index in [0.29, 0.717) is 19.0 Å². The van der Waals surface area contributed by atoms with Crippen LogP contribution in [0.4, 0.5) is 5.82 Å². The van der Waals surface area contributed by atoms with Crippen molar-refractivity contribution in [2.24, 2.45) is 5.73 Å². The van der Waals surface area contributed by atoms with E-state index in [-0.39, 0.29) is 6.04 Å². The number of nitrogens with two attached hydrogens (primary N) is 1. The van der Waals surface area contributed by atoms with Gasteiger partial charge in [-0.25, -0.2) is 9.97 Å². The highest BCUT2D eigenvalue weighted by Crippen LogP contribution is 2.12. The highest BCUT2D eigenvalue weighted by molar-refractivity contribution is 5.38. The third kappa shape index (κ3) is 4.02. The van der Waals surface area contributed by atoms with Gasteiger partial charge in [0.15, 0.2) is 0 Å². The first-order chi connectivity index (χ1) is 7.80. The third-order valence-electron chi connectivity index (χ3n) is 2.23. The van der Waals surface area contributed by atoms with Gasteiger partial charge in [-0.15, -0.1) is 0 Å². The van der Waals surface area contributed by atoms with E-state index in [1.807, 2.05) is 0 Å². The van der Waals surface area contributed by atoms with Crippen molar-refractivity contribution in [3.05, 3.63) is 12.4 Å². The zero-order valence-electron chi connectivity index (χ0n) is 9.94.